The molecule has 4 nitrogen and oxygen atoms in total. The number of hydrogen-bond donors (Lipinski definition) is 1. The van der Waals surface area contributed by atoms with E-state index in [2.05, 4.69) is 22.3 Å². The van der Waals surface area contributed by atoms with Gasteiger partial charge in [-0.3, -0.25) is 0 Å². The van der Waals surface area contributed by atoms with E-state index in [0.717, 1.165) is 12.1 Å². The molecule has 0 spiro atoms. The minimum atomic E-state index is 0.217. The fourth-order valence-corrected chi connectivity index (χ4v) is 2.47. The van der Waals surface area contributed by atoms with Crippen molar-refractivity contribution in [2.75, 3.05) is 5.32 Å². The predicted molar refractivity (Wildman–Crippen MR) is 68.5 cm³/mol. The van der Waals surface area contributed by atoms with Crippen LogP contribution in [0, 0.1) is 0 Å². The Kier molecular flexibility index (Phi) is 2.47. The summed E-state index contributed by atoms with van der Waals surface area (Å²) in [5, 5.41) is 8.53. The predicted octanol–water partition coefficient (Wildman–Crippen LogP) is 3.13. The number of rotatable bonds is 3. The summed E-state index contributed by atoms with van der Waals surface area (Å²) >= 11 is 5.92. The van der Waals surface area contributed by atoms with Gasteiger partial charge in [-0.1, -0.05) is 18.5 Å². The number of halogens is 1. The molecule has 17 heavy (non-hydrogen) atoms. The van der Waals surface area contributed by atoms with Crippen LogP contribution in [0.1, 0.15) is 32.6 Å². The molecule has 0 atom stereocenters. The molecule has 0 saturated heterocycles. The van der Waals surface area contributed by atoms with E-state index in [1.54, 1.807) is 10.7 Å². The highest BCUT2D eigenvalue weighted by Gasteiger charge is 2.35. The van der Waals surface area contributed by atoms with E-state index in [1.165, 1.54) is 19.3 Å². The molecule has 0 unspecified atom stereocenters. The molecule has 3 rings (SSSR count). The Morgan fingerprint density at radius 1 is 1.47 bits per heavy atom. The Hall–Kier alpha value is -1.29. The van der Waals surface area contributed by atoms with Gasteiger partial charge in [-0.2, -0.15) is 4.98 Å². The molecule has 0 amide bonds. The molecule has 90 valence electrons. The van der Waals surface area contributed by atoms with Gasteiger partial charge in [-0.05, 0) is 37.8 Å². The summed E-state index contributed by atoms with van der Waals surface area (Å²) < 4.78 is 1.71. The standard InChI is InChI=1S/C12H15ClN4/c1-2-12(6-3-7-12)15-11-14-10-5-4-9(13)8-17(10)16-11/h4-5,8H,2-3,6-7H2,1H3,(H,15,16). The van der Waals surface area contributed by atoms with Gasteiger partial charge in [0.15, 0.2) is 5.65 Å². The van der Waals surface area contributed by atoms with Crippen molar-refractivity contribution in [1.82, 2.24) is 14.6 Å². The fourth-order valence-electron chi connectivity index (χ4n) is 2.32. The Bertz CT molecular complexity index is 539. The van der Waals surface area contributed by atoms with Crippen molar-refractivity contribution in [2.45, 2.75) is 38.1 Å². The Labute approximate surface area is 105 Å². The van der Waals surface area contributed by atoms with Gasteiger partial charge in [-0.15, -0.1) is 5.10 Å². The zero-order chi connectivity index (χ0) is 11.9. The lowest BCUT2D eigenvalue weighted by atomic mass is 9.75. The second kappa shape index (κ2) is 3.88. The molecule has 2 heterocycles. The summed E-state index contributed by atoms with van der Waals surface area (Å²) in [7, 11) is 0. The minimum Gasteiger partial charge on any atom is -0.347 e. The molecule has 0 aromatic carbocycles. The van der Waals surface area contributed by atoms with Gasteiger partial charge in [0.25, 0.3) is 0 Å². The van der Waals surface area contributed by atoms with Crippen molar-refractivity contribution in [3.63, 3.8) is 0 Å². The zero-order valence-corrected chi connectivity index (χ0v) is 10.5. The van der Waals surface area contributed by atoms with Crippen LogP contribution in [0.25, 0.3) is 5.65 Å². The molecule has 1 N–H and O–H groups in total. The van der Waals surface area contributed by atoms with Crippen LogP contribution >= 0.6 is 11.6 Å². The number of fused-ring (bicyclic) bond motifs is 1. The second-order valence-electron chi connectivity index (χ2n) is 4.70. The average Bonchev–Trinajstić information content (AvgIpc) is 2.65. The molecule has 1 aliphatic carbocycles. The normalized spacial score (nSPS) is 18.0. The first kappa shape index (κ1) is 10.8. The maximum atomic E-state index is 5.92. The summed E-state index contributed by atoms with van der Waals surface area (Å²) in [6.45, 7) is 2.21. The van der Waals surface area contributed by atoms with E-state index in [0.29, 0.717) is 11.0 Å². The Morgan fingerprint density at radius 2 is 2.29 bits per heavy atom. The van der Waals surface area contributed by atoms with Crippen molar-refractivity contribution in [3.8, 4) is 0 Å². The van der Waals surface area contributed by atoms with Gasteiger partial charge in [0.1, 0.15) is 0 Å². The second-order valence-corrected chi connectivity index (χ2v) is 5.13. The van der Waals surface area contributed by atoms with E-state index in [1.807, 2.05) is 12.1 Å². The highest BCUT2D eigenvalue weighted by molar-refractivity contribution is 6.30. The number of nitrogens with one attached hydrogen (secondary N) is 1. The number of pyridine rings is 1. The van der Waals surface area contributed by atoms with Crippen LogP contribution in [-0.4, -0.2) is 20.1 Å². The average molecular weight is 251 g/mol. The number of aromatic nitrogens is 3. The topological polar surface area (TPSA) is 42.2 Å². The van der Waals surface area contributed by atoms with E-state index >= 15 is 0 Å². The van der Waals surface area contributed by atoms with E-state index < -0.39 is 0 Å². The largest absolute Gasteiger partial charge is 0.347 e. The molecule has 2 aromatic heterocycles. The summed E-state index contributed by atoms with van der Waals surface area (Å²) in [5.74, 6) is 0.703. The van der Waals surface area contributed by atoms with Crippen molar-refractivity contribution < 1.29 is 0 Å². The first-order chi connectivity index (χ1) is 8.21. The van der Waals surface area contributed by atoms with E-state index in [9.17, 15) is 0 Å². The van der Waals surface area contributed by atoms with Crippen molar-refractivity contribution in [3.05, 3.63) is 23.4 Å². The quantitative estimate of drug-likeness (QED) is 0.910. The lowest BCUT2D eigenvalue weighted by Gasteiger charge is -2.41. The van der Waals surface area contributed by atoms with Crippen molar-refractivity contribution >= 4 is 23.2 Å². The third-order valence-electron chi connectivity index (χ3n) is 3.66. The first-order valence-corrected chi connectivity index (χ1v) is 6.39. The summed E-state index contributed by atoms with van der Waals surface area (Å²) in [6.07, 6.45) is 6.59. The van der Waals surface area contributed by atoms with Crippen LogP contribution in [0.5, 0.6) is 0 Å². The van der Waals surface area contributed by atoms with Crippen LogP contribution < -0.4 is 5.32 Å². The Morgan fingerprint density at radius 3 is 2.94 bits per heavy atom. The molecule has 5 heteroatoms. The van der Waals surface area contributed by atoms with Crippen LogP contribution in [0.3, 0.4) is 0 Å². The van der Waals surface area contributed by atoms with Crippen LogP contribution in [0.4, 0.5) is 5.95 Å². The lowest BCUT2D eigenvalue weighted by molar-refractivity contribution is 0.268. The Balaban J connectivity index is 1.90. The summed E-state index contributed by atoms with van der Waals surface area (Å²) in [6, 6.07) is 3.70. The SMILES string of the molecule is CCC1(Nc2nc3ccc(Cl)cn3n2)CCC1. The third kappa shape index (κ3) is 1.86. The summed E-state index contributed by atoms with van der Waals surface area (Å²) in [5.41, 5.74) is 1.04. The molecule has 1 aliphatic rings. The van der Waals surface area contributed by atoms with Gasteiger partial charge >= 0.3 is 0 Å². The maximum absolute atomic E-state index is 5.92. The summed E-state index contributed by atoms with van der Waals surface area (Å²) in [4.78, 5) is 4.45. The number of anilines is 1. The fraction of sp³-hybridized carbons (Fsp3) is 0.500. The lowest BCUT2D eigenvalue weighted by Crippen LogP contribution is -2.44. The highest BCUT2D eigenvalue weighted by atomic mass is 35.5. The first-order valence-electron chi connectivity index (χ1n) is 6.01. The molecule has 0 bridgehead atoms. The maximum Gasteiger partial charge on any atom is 0.243 e. The van der Waals surface area contributed by atoms with Crippen LogP contribution in [0.15, 0.2) is 18.3 Å². The minimum absolute atomic E-state index is 0.217. The smallest absolute Gasteiger partial charge is 0.243 e. The van der Waals surface area contributed by atoms with Crippen molar-refractivity contribution in [2.24, 2.45) is 0 Å². The zero-order valence-electron chi connectivity index (χ0n) is 9.78. The monoisotopic (exact) mass is 250 g/mol. The highest BCUT2D eigenvalue weighted by Crippen LogP contribution is 2.37. The van der Waals surface area contributed by atoms with Crippen molar-refractivity contribution in [1.29, 1.82) is 0 Å². The molecule has 0 radical (unpaired) electrons. The van der Waals surface area contributed by atoms with Gasteiger partial charge in [0.2, 0.25) is 5.95 Å². The van der Waals surface area contributed by atoms with E-state index in [4.69, 9.17) is 11.6 Å². The van der Waals surface area contributed by atoms with Crippen LogP contribution in [-0.2, 0) is 0 Å². The number of nitrogens with zero attached hydrogens (tertiary/aromatic N) is 3. The molecule has 2 aromatic rings. The molecule has 0 aliphatic heterocycles. The molecular weight excluding hydrogens is 236 g/mol. The van der Waals surface area contributed by atoms with Gasteiger partial charge in [0, 0.05) is 11.7 Å². The van der Waals surface area contributed by atoms with Gasteiger partial charge in [0.05, 0.1) is 5.02 Å². The third-order valence-corrected chi connectivity index (χ3v) is 3.88. The van der Waals surface area contributed by atoms with Gasteiger partial charge < -0.3 is 5.32 Å². The number of hydrogen-bond acceptors (Lipinski definition) is 3. The van der Waals surface area contributed by atoms with Crippen LogP contribution in [0.2, 0.25) is 5.02 Å². The molecule has 1 saturated carbocycles. The molecule has 1 fully saturated rings. The molecular formula is C12H15ClN4. The van der Waals surface area contributed by atoms with E-state index in [-0.39, 0.29) is 5.54 Å². The van der Waals surface area contributed by atoms with Gasteiger partial charge in [-0.25, -0.2) is 4.52 Å².